The van der Waals surface area contributed by atoms with E-state index in [1.165, 1.54) is 31.6 Å². The molecule has 2 heteroatoms. The molecule has 2 unspecified atom stereocenters. The highest BCUT2D eigenvalue weighted by molar-refractivity contribution is 5.14. The van der Waals surface area contributed by atoms with Crippen molar-refractivity contribution < 1.29 is 0 Å². The zero-order valence-electron chi connectivity index (χ0n) is 11.0. The van der Waals surface area contributed by atoms with Gasteiger partial charge in [0.05, 0.1) is 0 Å². The maximum Gasteiger partial charge on any atom is 0.0208 e. The van der Waals surface area contributed by atoms with Gasteiger partial charge in [-0.2, -0.15) is 0 Å². The molecular formula is C15H24N2. The van der Waals surface area contributed by atoms with E-state index in [-0.39, 0.29) is 0 Å². The zero-order valence-corrected chi connectivity index (χ0v) is 11.0. The van der Waals surface area contributed by atoms with Gasteiger partial charge in [0.2, 0.25) is 0 Å². The van der Waals surface area contributed by atoms with Gasteiger partial charge in [-0.3, -0.25) is 0 Å². The Morgan fingerprint density at radius 2 is 2.00 bits per heavy atom. The summed E-state index contributed by atoms with van der Waals surface area (Å²) in [6.45, 7) is 9.25. The standard InChI is InChI=1S/C15H24N2/c1-3-17-11-13(2)9-15(12-17)16-10-14-7-5-4-6-8-14/h4-8,13,15-16H,3,9-12H2,1-2H3. The first-order valence-corrected chi connectivity index (χ1v) is 6.77. The van der Waals surface area contributed by atoms with E-state index in [4.69, 9.17) is 0 Å². The van der Waals surface area contributed by atoms with Crippen molar-refractivity contribution in [1.82, 2.24) is 10.2 Å². The molecule has 0 aliphatic carbocycles. The average molecular weight is 232 g/mol. The van der Waals surface area contributed by atoms with Gasteiger partial charge in [0.15, 0.2) is 0 Å². The highest BCUT2D eigenvalue weighted by atomic mass is 15.2. The van der Waals surface area contributed by atoms with Crippen molar-refractivity contribution in [2.24, 2.45) is 5.92 Å². The van der Waals surface area contributed by atoms with Crippen LogP contribution >= 0.6 is 0 Å². The lowest BCUT2D eigenvalue weighted by Crippen LogP contribution is -2.48. The van der Waals surface area contributed by atoms with Crippen LogP contribution in [0.2, 0.25) is 0 Å². The van der Waals surface area contributed by atoms with Crippen LogP contribution in [0.25, 0.3) is 0 Å². The fourth-order valence-electron chi connectivity index (χ4n) is 2.73. The van der Waals surface area contributed by atoms with Gasteiger partial charge in [0.25, 0.3) is 0 Å². The van der Waals surface area contributed by atoms with Crippen LogP contribution in [0.15, 0.2) is 30.3 Å². The average Bonchev–Trinajstić information content (AvgIpc) is 2.37. The Morgan fingerprint density at radius 1 is 1.24 bits per heavy atom. The van der Waals surface area contributed by atoms with E-state index in [0.29, 0.717) is 6.04 Å². The fourth-order valence-corrected chi connectivity index (χ4v) is 2.73. The summed E-state index contributed by atoms with van der Waals surface area (Å²) in [5.41, 5.74) is 1.38. The van der Waals surface area contributed by atoms with E-state index >= 15 is 0 Å². The molecule has 2 atom stereocenters. The number of hydrogen-bond donors (Lipinski definition) is 1. The molecule has 1 N–H and O–H groups in total. The SMILES string of the molecule is CCN1CC(C)CC(NCc2ccccc2)C1. The summed E-state index contributed by atoms with van der Waals surface area (Å²) in [7, 11) is 0. The van der Waals surface area contributed by atoms with E-state index in [9.17, 15) is 0 Å². The van der Waals surface area contributed by atoms with E-state index in [0.717, 1.165) is 12.5 Å². The van der Waals surface area contributed by atoms with Crippen LogP contribution in [-0.4, -0.2) is 30.6 Å². The van der Waals surface area contributed by atoms with Crippen molar-refractivity contribution in [2.75, 3.05) is 19.6 Å². The van der Waals surface area contributed by atoms with E-state index in [1.54, 1.807) is 0 Å². The second-order valence-corrected chi connectivity index (χ2v) is 5.26. The Balaban J connectivity index is 1.82. The molecule has 0 radical (unpaired) electrons. The monoisotopic (exact) mass is 232 g/mol. The van der Waals surface area contributed by atoms with Crippen molar-refractivity contribution in [3.63, 3.8) is 0 Å². The summed E-state index contributed by atoms with van der Waals surface area (Å²) in [6.07, 6.45) is 1.31. The number of likely N-dealkylation sites (tertiary alicyclic amines) is 1. The van der Waals surface area contributed by atoms with Gasteiger partial charge in [-0.05, 0) is 24.4 Å². The van der Waals surface area contributed by atoms with Crippen LogP contribution in [0.3, 0.4) is 0 Å². The fraction of sp³-hybridized carbons (Fsp3) is 0.600. The van der Waals surface area contributed by atoms with Gasteiger partial charge in [-0.15, -0.1) is 0 Å². The lowest BCUT2D eigenvalue weighted by molar-refractivity contribution is 0.155. The first-order chi connectivity index (χ1) is 8.28. The lowest BCUT2D eigenvalue weighted by Gasteiger charge is -2.36. The van der Waals surface area contributed by atoms with E-state index in [1.807, 2.05) is 0 Å². The molecule has 0 saturated carbocycles. The Kier molecular flexibility index (Phi) is 4.57. The molecule has 0 bridgehead atoms. The van der Waals surface area contributed by atoms with Crippen molar-refractivity contribution in [3.8, 4) is 0 Å². The predicted molar refractivity (Wildman–Crippen MR) is 73.0 cm³/mol. The third-order valence-corrected chi connectivity index (χ3v) is 3.62. The molecule has 1 heterocycles. The van der Waals surface area contributed by atoms with Crippen molar-refractivity contribution in [3.05, 3.63) is 35.9 Å². The summed E-state index contributed by atoms with van der Waals surface area (Å²) in [4.78, 5) is 2.55. The van der Waals surface area contributed by atoms with Gasteiger partial charge in [-0.1, -0.05) is 44.2 Å². The summed E-state index contributed by atoms with van der Waals surface area (Å²) < 4.78 is 0. The van der Waals surface area contributed by atoms with Crippen molar-refractivity contribution in [1.29, 1.82) is 0 Å². The molecule has 1 aromatic rings. The largest absolute Gasteiger partial charge is 0.309 e. The first kappa shape index (κ1) is 12.6. The molecule has 0 spiro atoms. The van der Waals surface area contributed by atoms with Crippen LogP contribution in [0, 0.1) is 5.92 Å². The number of piperidine rings is 1. The quantitative estimate of drug-likeness (QED) is 0.858. The summed E-state index contributed by atoms with van der Waals surface area (Å²) >= 11 is 0. The zero-order chi connectivity index (χ0) is 12.1. The number of rotatable bonds is 4. The molecular weight excluding hydrogens is 208 g/mol. The molecule has 1 aliphatic heterocycles. The number of benzene rings is 1. The minimum atomic E-state index is 0.652. The van der Waals surface area contributed by atoms with E-state index in [2.05, 4.69) is 54.4 Å². The maximum absolute atomic E-state index is 3.69. The highest BCUT2D eigenvalue weighted by Crippen LogP contribution is 2.16. The molecule has 0 amide bonds. The molecule has 17 heavy (non-hydrogen) atoms. The van der Waals surface area contributed by atoms with E-state index < -0.39 is 0 Å². The van der Waals surface area contributed by atoms with Gasteiger partial charge in [0, 0.05) is 25.7 Å². The van der Waals surface area contributed by atoms with Crippen LogP contribution in [0.5, 0.6) is 0 Å². The molecule has 94 valence electrons. The molecule has 2 nitrogen and oxygen atoms in total. The summed E-state index contributed by atoms with van der Waals surface area (Å²) in [6, 6.07) is 11.3. The second-order valence-electron chi connectivity index (χ2n) is 5.26. The molecule has 1 saturated heterocycles. The Labute approximate surface area is 105 Å². The maximum atomic E-state index is 3.69. The Bertz CT molecular complexity index is 323. The van der Waals surface area contributed by atoms with Crippen molar-refractivity contribution in [2.45, 2.75) is 32.9 Å². The Morgan fingerprint density at radius 3 is 2.71 bits per heavy atom. The topological polar surface area (TPSA) is 15.3 Å². The smallest absolute Gasteiger partial charge is 0.0208 e. The van der Waals surface area contributed by atoms with Gasteiger partial charge in [0.1, 0.15) is 0 Å². The molecule has 2 rings (SSSR count). The summed E-state index contributed by atoms with van der Waals surface area (Å²) in [5.74, 6) is 0.817. The van der Waals surface area contributed by atoms with Gasteiger partial charge in [-0.25, -0.2) is 0 Å². The first-order valence-electron chi connectivity index (χ1n) is 6.77. The lowest BCUT2D eigenvalue weighted by atomic mass is 9.96. The number of likely N-dealkylation sites (N-methyl/N-ethyl adjacent to an activating group) is 1. The second kappa shape index (κ2) is 6.18. The molecule has 1 aromatic carbocycles. The number of hydrogen-bond acceptors (Lipinski definition) is 2. The van der Waals surface area contributed by atoms with Crippen LogP contribution in [0.4, 0.5) is 0 Å². The Hall–Kier alpha value is -0.860. The van der Waals surface area contributed by atoms with Crippen LogP contribution in [0.1, 0.15) is 25.8 Å². The van der Waals surface area contributed by atoms with Crippen molar-refractivity contribution >= 4 is 0 Å². The molecule has 1 fully saturated rings. The van der Waals surface area contributed by atoms with Crippen LogP contribution < -0.4 is 5.32 Å². The third kappa shape index (κ3) is 3.83. The minimum absolute atomic E-state index is 0.652. The number of nitrogens with zero attached hydrogens (tertiary/aromatic N) is 1. The minimum Gasteiger partial charge on any atom is -0.309 e. The summed E-state index contributed by atoms with van der Waals surface area (Å²) in [5, 5.41) is 3.69. The van der Waals surface area contributed by atoms with Gasteiger partial charge < -0.3 is 10.2 Å². The van der Waals surface area contributed by atoms with Crippen LogP contribution in [-0.2, 0) is 6.54 Å². The third-order valence-electron chi connectivity index (χ3n) is 3.62. The number of nitrogens with one attached hydrogen (secondary N) is 1. The molecule has 1 aliphatic rings. The predicted octanol–water partition coefficient (Wildman–Crippen LogP) is 2.51. The van der Waals surface area contributed by atoms with Gasteiger partial charge >= 0.3 is 0 Å². The normalized spacial score (nSPS) is 26.0. The molecule has 0 aromatic heterocycles. The highest BCUT2D eigenvalue weighted by Gasteiger charge is 2.22.